The number of hydrogen-bond donors (Lipinski definition) is 0. The van der Waals surface area contributed by atoms with Gasteiger partial charge in [-0.15, -0.1) is 0 Å². The highest BCUT2D eigenvalue weighted by Gasteiger charge is 2.53. The molecule has 3 aliphatic rings. The van der Waals surface area contributed by atoms with Gasteiger partial charge in [0, 0.05) is 26.2 Å². The summed E-state index contributed by atoms with van der Waals surface area (Å²) in [4.78, 5) is 17.9. The van der Waals surface area contributed by atoms with E-state index >= 15 is 0 Å². The van der Waals surface area contributed by atoms with Crippen molar-refractivity contribution in [3.63, 3.8) is 0 Å². The molecule has 1 aromatic carbocycles. The minimum Gasteiger partial charge on any atom is -0.375 e. The van der Waals surface area contributed by atoms with Crippen LogP contribution in [0.4, 0.5) is 0 Å². The number of benzene rings is 1. The van der Waals surface area contributed by atoms with E-state index in [0.717, 1.165) is 45.5 Å². The molecule has 1 atom stereocenters. The van der Waals surface area contributed by atoms with E-state index in [1.807, 2.05) is 18.2 Å². The fourth-order valence-electron chi connectivity index (χ4n) is 4.43. The molecule has 3 fully saturated rings. The molecule has 136 valence electrons. The lowest BCUT2D eigenvalue weighted by atomic mass is 9.94. The molecule has 0 N–H and O–H groups in total. The molecule has 4 heteroatoms. The highest BCUT2D eigenvalue weighted by atomic mass is 16.5. The van der Waals surface area contributed by atoms with E-state index in [1.54, 1.807) is 0 Å². The number of ether oxygens (including phenoxy) is 1. The maximum atomic E-state index is 13.3. The summed E-state index contributed by atoms with van der Waals surface area (Å²) in [6.07, 6.45) is 7.04. The largest absolute Gasteiger partial charge is 0.375 e. The fraction of sp³-hybridized carbons (Fsp3) is 0.667. The Kier molecular flexibility index (Phi) is 5.09. The van der Waals surface area contributed by atoms with E-state index in [1.165, 1.54) is 37.9 Å². The van der Waals surface area contributed by atoms with Gasteiger partial charge in [-0.25, -0.2) is 0 Å². The molecular weight excluding hydrogens is 312 g/mol. The number of amides is 1. The fourth-order valence-corrected chi connectivity index (χ4v) is 4.43. The van der Waals surface area contributed by atoms with Crippen molar-refractivity contribution < 1.29 is 9.53 Å². The van der Waals surface area contributed by atoms with Crippen LogP contribution in [0.25, 0.3) is 0 Å². The third kappa shape index (κ3) is 3.75. The summed E-state index contributed by atoms with van der Waals surface area (Å²) in [6, 6.07) is 10.4. The number of hydrogen-bond acceptors (Lipinski definition) is 3. The second kappa shape index (κ2) is 7.46. The summed E-state index contributed by atoms with van der Waals surface area (Å²) in [5.74, 6) is 0.327. The standard InChI is InChI=1S/C21H30N2O2/c24-20(21(10-11-21)18-8-3-1-4-9-18)23-14-7-15-25-19(17-23)16-22-12-5-2-6-13-22/h1,3-4,8-9,19H,2,5-7,10-17H2. The maximum Gasteiger partial charge on any atom is 0.233 e. The zero-order valence-corrected chi connectivity index (χ0v) is 15.2. The smallest absolute Gasteiger partial charge is 0.233 e. The first-order valence-electron chi connectivity index (χ1n) is 9.97. The van der Waals surface area contributed by atoms with Crippen LogP contribution in [0.1, 0.15) is 44.1 Å². The molecule has 1 amide bonds. The van der Waals surface area contributed by atoms with Crippen LogP contribution in [-0.4, -0.2) is 61.1 Å². The van der Waals surface area contributed by atoms with Gasteiger partial charge in [0.15, 0.2) is 0 Å². The van der Waals surface area contributed by atoms with E-state index in [2.05, 4.69) is 21.9 Å². The highest BCUT2D eigenvalue weighted by molar-refractivity contribution is 5.91. The summed E-state index contributed by atoms with van der Waals surface area (Å²) in [6.45, 7) is 5.71. The van der Waals surface area contributed by atoms with Gasteiger partial charge in [0.05, 0.1) is 11.5 Å². The molecule has 2 heterocycles. The van der Waals surface area contributed by atoms with Crippen LogP contribution in [0.15, 0.2) is 30.3 Å². The monoisotopic (exact) mass is 342 g/mol. The molecule has 1 saturated carbocycles. The topological polar surface area (TPSA) is 32.8 Å². The first kappa shape index (κ1) is 17.0. The number of nitrogens with zero attached hydrogens (tertiary/aromatic N) is 2. The third-order valence-electron chi connectivity index (χ3n) is 6.03. The second-order valence-corrected chi connectivity index (χ2v) is 7.91. The average Bonchev–Trinajstić information content (AvgIpc) is 3.48. The van der Waals surface area contributed by atoms with Crippen molar-refractivity contribution in [3.8, 4) is 0 Å². The normalized spacial score (nSPS) is 26.9. The van der Waals surface area contributed by atoms with Crippen molar-refractivity contribution in [1.29, 1.82) is 0 Å². The van der Waals surface area contributed by atoms with E-state index < -0.39 is 0 Å². The lowest BCUT2D eigenvalue weighted by molar-refractivity contribution is -0.135. The Labute approximate surface area is 151 Å². The number of likely N-dealkylation sites (tertiary alicyclic amines) is 1. The minimum atomic E-state index is -0.249. The summed E-state index contributed by atoms with van der Waals surface area (Å²) < 4.78 is 6.09. The highest BCUT2D eigenvalue weighted by Crippen LogP contribution is 2.49. The summed E-state index contributed by atoms with van der Waals surface area (Å²) >= 11 is 0. The molecule has 4 rings (SSSR count). The number of carbonyl (C=O) groups excluding carboxylic acids is 1. The zero-order chi connectivity index (χ0) is 17.1. The van der Waals surface area contributed by atoms with Gasteiger partial charge in [-0.3, -0.25) is 4.79 Å². The van der Waals surface area contributed by atoms with Gasteiger partial charge in [0.1, 0.15) is 0 Å². The quantitative estimate of drug-likeness (QED) is 0.843. The van der Waals surface area contributed by atoms with Crippen molar-refractivity contribution in [2.75, 3.05) is 39.3 Å². The number of rotatable bonds is 4. The molecule has 0 spiro atoms. The van der Waals surface area contributed by atoms with Gasteiger partial charge < -0.3 is 14.5 Å². The second-order valence-electron chi connectivity index (χ2n) is 7.91. The molecule has 1 aromatic rings. The molecule has 2 saturated heterocycles. The lowest BCUT2D eigenvalue weighted by Gasteiger charge is -2.32. The summed E-state index contributed by atoms with van der Waals surface area (Å²) in [5.41, 5.74) is 0.944. The van der Waals surface area contributed by atoms with E-state index in [4.69, 9.17) is 4.74 Å². The van der Waals surface area contributed by atoms with Crippen LogP contribution in [0.2, 0.25) is 0 Å². The molecule has 0 bridgehead atoms. The Morgan fingerprint density at radius 2 is 1.80 bits per heavy atom. The van der Waals surface area contributed by atoms with Gasteiger partial charge in [0.2, 0.25) is 5.91 Å². The van der Waals surface area contributed by atoms with Crippen LogP contribution in [-0.2, 0) is 14.9 Å². The Morgan fingerprint density at radius 3 is 2.52 bits per heavy atom. The van der Waals surface area contributed by atoms with Crippen molar-refractivity contribution in [2.24, 2.45) is 0 Å². The lowest BCUT2D eigenvalue weighted by Crippen LogP contribution is -2.46. The van der Waals surface area contributed by atoms with Crippen LogP contribution in [0.3, 0.4) is 0 Å². The van der Waals surface area contributed by atoms with Crippen LogP contribution >= 0.6 is 0 Å². The predicted molar refractivity (Wildman–Crippen MR) is 98.6 cm³/mol. The van der Waals surface area contributed by atoms with Gasteiger partial charge in [-0.2, -0.15) is 0 Å². The van der Waals surface area contributed by atoms with Gasteiger partial charge in [0.25, 0.3) is 0 Å². The van der Waals surface area contributed by atoms with E-state index in [9.17, 15) is 4.79 Å². The van der Waals surface area contributed by atoms with Crippen LogP contribution in [0.5, 0.6) is 0 Å². The number of piperidine rings is 1. The van der Waals surface area contributed by atoms with Crippen molar-refractivity contribution in [2.45, 2.75) is 50.0 Å². The van der Waals surface area contributed by atoms with Crippen molar-refractivity contribution >= 4 is 5.91 Å². The molecule has 0 aromatic heterocycles. The molecule has 1 unspecified atom stereocenters. The SMILES string of the molecule is O=C(N1CCCOC(CN2CCCCC2)C1)C1(c2ccccc2)CC1. The first-order valence-corrected chi connectivity index (χ1v) is 9.97. The van der Waals surface area contributed by atoms with Crippen LogP contribution in [0, 0.1) is 0 Å². The first-order chi connectivity index (χ1) is 12.3. The van der Waals surface area contributed by atoms with Crippen LogP contribution < -0.4 is 0 Å². The maximum absolute atomic E-state index is 13.3. The summed E-state index contributed by atoms with van der Waals surface area (Å²) in [5, 5.41) is 0. The van der Waals surface area contributed by atoms with Crippen molar-refractivity contribution in [3.05, 3.63) is 35.9 Å². The van der Waals surface area contributed by atoms with Gasteiger partial charge >= 0.3 is 0 Å². The average molecular weight is 342 g/mol. The Bertz CT molecular complexity index is 579. The minimum absolute atomic E-state index is 0.163. The third-order valence-corrected chi connectivity index (χ3v) is 6.03. The zero-order valence-electron chi connectivity index (χ0n) is 15.2. The van der Waals surface area contributed by atoms with Gasteiger partial charge in [-0.05, 0) is 50.8 Å². The molecule has 1 aliphatic carbocycles. The predicted octanol–water partition coefficient (Wildman–Crippen LogP) is 2.82. The number of carbonyl (C=O) groups is 1. The Hall–Kier alpha value is -1.39. The molecule has 25 heavy (non-hydrogen) atoms. The molecule has 4 nitrogen and oxygen atoms in total. The molecule has 2 aliphatic heterocycles. The Morgan fingerprint density at radius 1 is 1.04 bits per heavy atom. The van der Waals surface area contributed by atoms with Gasteiger partial charge in [-0.1, -0.05) is 36.8 Å². The molecule has 0 radical (unpaired) electrons. The van der Waals surface area contributed by atoms with E-state index in [-0.39, 0.29) is 11.5 Å². The molecular formula is C21H30N2O2. The summed E-state index contributed by atoms with van der Waals surface area (Å²) in [7, 11) is 0. The van der Waals surface area contributed by atoms with Crippen molar-refractivity contribution in [1.82, 2.24) is 9.80 Å². The van der Waals surface area contributed by atoms with E-state index in [0.29, 0.717) is 5.91 Å². The Balaban J connectivity index is 1.43.